The first-order chi connectivity index (χ1) is 10.2. The highest BCUT2D eigenvalue weighted by Gasteiger charge is 2.16. The van der Waals surface area contributed by atoms with Gasteiger partial charge < -0.3 is 14.4 Å². The summed E-state index contributed by atoms with van der Waals surface area (Å²) in [6, 6.07) is 7.35. The molecule has 21 heavy (non-hydrogen) atoms. The number of benzene rings is 1. The van der Waals surface area contributed by atoms with Crippen LogP contribution in [0.15, 0.2) is 23.8 Å². The van der Waals surface area contributed by atoms with Gasteiger partial charge in [-0.1, -0.05) is 6.07 Å². The van der Waals surface area contributed by atoms with Crippen LogP contribution in [0.4, 0.5) is 0 Å². The van der Waals surface area contributed by atoms with E-state index in [1.807, 2.05) is 19.9 Å². The lowest BCUT2D eigenvalue weighted by Crippen LogP contribution is -2.31. The van der Waals surface area contributed by atoms with Gasteiger partial charge in [0.25, 0.3) is 5.91 Å². The van der Waals surface area contributed by atoms with Crippen LogP contribution in [-0.4, -0.2) is 37.1 Å². The lowest BCUT2D eigenvalue weighted by molar-refractivity contribution is -0.126. The van der Waals surface area contributed by atoms with Gasteiger partial charge in [-0.25, -0.2) is 0 Å². The first kappa shape index (κ1) is 14.9. The number of carbonyl (C=O) groups is 1. The smallest absolute Gasteiger partial charge is 0.264 e. The van der Waals surface area contributed by atoms with Crippen LogP contribution in [-0.2, 0) is 4.79 Å². The molecule has 0 saturated carbocycles. The molecule has 2 rings (SSSR count). The molecule has 0 atom stereocenters. The van der Waals surface area contributed by atoms with Crippen LogP contribution in [0, 0.1) is 11.3 Å². The van der Waals surface area contributed by atoms with Gasteiger partial charge in [0.2, 0.25) is 0 Å². The summed E-state index contributed by atoms with van der Waals surface area (Å²) in [6.07, 6.45) is 1.58. The molecule has 0 radical (unpaired) electrons. The first-order valence-electron chi connectivity index (χ1n) is 7.00. The van der Waals surface area contributed by atoms with Gasteiger partial charge in [0.15, 0.2) is 11.5 Å². The van der Waals surface area contributed by atoms with Crippen molar-refractivity contribution < 1.29 is 14.3 Å². The number of nitrogens with zero attached hydrogens (tertiary/aromatic N) is 2. The van der Waals surface area contributed by atoms with E-state index in [4.69, 9.17) is 9.47 Å². The third-order valence-electron chi connectivity index (χ3n) is 3.28. The molecule has 0 unspecified atom stereocenters. The van der Waals surface area contributed by atoms with Crippen molar-refractivity contribution in [2.24, 2.45) is 0 Å². The molecule has 1 aliphatic rings. The van der Waals surface area contributed by atoms with Gasteiger partial charge in [0.1, 0.15) is 24.9 Å². The molecule has 0 aromatic heterocycles. The number of carbonyl (C=O) groups excluding carboxylic acids is 1. The van der Waals surface area contributed by atoms with Crippen molar-refractivity contribution in [3.05, 3.63) is 29.3 Å². The summed E-state index contributed by atoms with van der Waals surface area (Å²) in [7, 11) is 0. The normalized spacial score (nSPS) is 13.5. The molecular formula is C16H18N2O3. The molecule has 0 saturated heterocycles. The first-order valence-corrected chi connectivity index (χ1v) is 7.00. The van der Waals surface area contributed by atoms with Crippen LogP contribution < -0.4 is 9.47 Å². The molecule has 0 aliphatic carbocycles. The minimum atomic E-state index is -0.252. The monoisotopic (exact) mass is 286 g/mol. The van der Waals surface area contributed by atoms with Crippen molar-refractivity contribution in [2.45, 2.75) is 13.8 Å². The second-order valence-electron chi connectivity index (χ2n) is 4.55. The van der Waals surface area contributed by atoms with Gasteiger partial charge in [-0.3, -0.25) is 4.79 Å². The molecule has 5 nitrogen and oxygen atoms in total. The highest BCUT2D eigenvalue weighted by molar-refractivity contribution is 6.01. The molecule has 1 aliphatic heterocycles. The van der Waals surface area contributed by atoms with Gasteiger partial charge in [0.05, 0.1) is 0 Å². The lowest BCUT2D eigenvalue weighted by Gasteiger charge is -2.19. The van der Waals surface area contributed by atoms with E-state index in [9.17, 15) is 10.1 Å². The molecule has 110 valence electrons. The summed E-state index contributed by atoms with van der Waals surface area (Å²) >= 11 is 0. The van der Waals surface area contributed by atoms with Crippen molar-refractivity contribution in [3.63, 3.8) is 0 Å². The number of ether oxygens (including phenoxy) is 2. The van der Waals surface area contributed by atoms with Gasteiger partial charge in [-0.15, -0.1) is 0 Å². The van der Waals surface area contributed by atoms with Crippen LogP contribution in [0.1, 0.15) is 19.4 Å². The maximum atomic E-state index is 12.2. The summed E-state index contributed by atoms with van der Waals surface area (Å²) < 4.78 is 10.9. The summed E-state index contributed by atoms with van der Waals surface area (Å²) in [4.78, 5) is 13.8. The van der Waals surface area contributed by atoms with E-state index in [1.54, 1.807) is 29.2 Å². The van der Waals surface area contributed by atoms with Gasteiger partial charge >= 0.3 is 0 Å². The molecular weight excluding hydrogens is 268 g/mol. The Balaban J connectivity index is 2.28. The number of hydrogen-bond donors (Lipinski definition) is 0. The highest BCUT2D eigenvalue weighted by atomic mass is 16.6. The van der Waals surface area contributed by atoms with Crippen molar-refractivity contribution in [3.8, 4) is 17.6 Å². The standard InChI is InChI=1S/C16H18N2O3/c1-3-18(4-2)16(19)13(11-17)9-12-5-6-14-15(10-12)21-8-7-20-14/h5-6,9-10H,3-4,7-8H2,1-2H3/b13-9-. The van der Waals surface area contributed by atoms with E-state index in [0.717, 1.165) is 5.56 Å². The Kier molecular flexibility index (Phi) is 4.83. The average Bonchev–Trinajstić information content (AvgIpc) is 2.53. The Morgan fingerprint density at radius 3 is 2.57 bits per heavy atom. The maximum absolute atomic E-state index is 12.2. The summed E-state index contributed by atoms with van der Waals surface area (Å²) in [5, 5.41) is 9.21. The second-order valence-corrected chi connectivity index (χ2v) is 4.55. The van der Waals surface area contributed by atoms with Crippen molar-refractivity contribution in [1.82, 2.24) is 4.90 Å². The zero-order valence-electron chi connectivity index (χ0n) is 12.3. The van der Waals surface area contributed by atoms with Crippen LogP contribution in [0.2, 0.25) is 0 Å². The number of fused-ring (bicyclic) bond motifs is 1. The predicted molar refractivity (Wildman–Crippen MR) is 79.0 cm³/mol. The molecule has 1 aromatic carbocycles. The third kappa shape index (κ3) is 3.34. The minimum absolute atomic E-state index is 0.121. The van der Waals surface area contributed by atoms with E-state index in [2.05, 4.69) is 0 Å². The molecule has 1 heterocycles. The Hall–Kier alpha value is -2.48. The third-order valence-corrected chi connectivity index (χ3v) is 3.28. The van der Waals surface area contributed by atoms with Crippen LogP contribution >= 0.6 is 0 Å². The molecule has 0 fully saturated rings. The molecule has 0 N–H and O–H groups in total. The van der Waals surface area contributed by atoms with Crippen LogP contribution in [0.3, 0.4) is 0 Å². The molecule has 1 aromatic rings. The Labute approximate surface area is 124 Å². The van der Waals surface area contributed by atoms with Gasteiger partial charge in [-0.2, -0.15) is 5.26 Å². The summed E-state index contributed by atoms with van der Waals surface area (Å²) in [5.41, 5.74) is 0.867. The Morgan fingerprint density at radius 1 is 1.29 bits per heavy atom. The Morgan fingerprint density at radius 2 is 1.95 bits per heavy atom. The maximum Gasteiger partial charge on any atom is 0.264 e. The van der Waals surface area contributed by atoms with E-state index >= 15 is 0 Å². The molecule has 1 amide bonds. The van der Waals surface area contributed by atoms with Crippen LogP contribution in [0.5, 0.6) is 11.5 Å². The van der Waals surface area contributed by atoms with Gasteiger partial charge in [-0.05, 0) is 37.6 Å². The van der Waals surface area contributed by atoms with E-state index < -0.39 is 0 Å². The zero-order valence-corrected chi connectivity index (χ0v) is 12.3. The summed E-state index contributed by atoms with van der Waals surface area (Å²) in [5.74, 6) is 1.08. The number of rotatable bonds is 4. The van der Waals surface area contributed by atoms with Crippen molar-refractivity contribution >= 4 is 12.0 Å². The molecule has 0 bridgehead atoms. The van der Waals surface area contributed by atoms with Crippen LogP contribution in [0.25, 0.3) is 6.08 Å². The van der Waals surface area contributed by atoms with Gasteiger partial charge in [0, 0.05) is 13.1 Å². The molecule has 5 heteroatoms. The number of likely N-dealkylation sites (N-methyl/N-ethyl adjacent to an activating group) is 1. The fourth-order valence-electron chi connectivity index (χ4n) is 2.14. The van der Waals surface area contributed by atoms with Crippen molar-refractivity contribution in [2.75, 3.05) is 26.3 Å². The quantitative estimate of drug-likeness (QED) is 0.629. The molecule has 0 spiro atoms. The number of nitriles is 1. The minimum Gasteiger partial charge on any atom is -0.486 e. The largest absolute Gasteiger partial charge is 0.486 e. The fraction of sp³-hybridized carbons (Fsp3) is 0.375. The van der Waals surface area contributed by atoms with Crippen molar-refractivity contribution in [1.29, 1.82) is 5.26 Å². The second kappa shape index (κ2) is 6.80. The summed E-state index contributed by atoms with van der Waals surface area (Å²) in [6.45, 7) is 5.97. The lowest BCUT2D eigenvalue weighted by atomic mass is 10.1. The zero-order chi connectivity index (χ0) is 15.2. The Bertz CT molecular complexity index is 598. The van der Waals surface area contributed by atoms with E-state index in [-0.39, 0.29) is 11.5 Å². The fourth-order valence-corrected chi connectivity index (χ4v) is 2.14. The SMILES string of the molecule is CCN(CC)C(=O)/C(C#N)=C\c1ccc2c(c1)OCCO2. The topological polar surface area (TPSA) is 62.6 Å². The van der Waals surface area contributed by atoms with E-state index in [0.29, 0.717) is 37.8 Å². The number of hydrogen-bond acceptors (Lipinski definition) is 4. The predicted octanol–water partition coefficient (Wildman–Crippen LogP) is 2.23. The average molecular weight is 286 g/mol. The van der Waals surface area contributed by atoms with E-state index in [1.165, 1.54) is 0 Å². The number of amides is 1. The highest BCUT2D eigenvalue weighted by Crippen LogP contribution is 2.31.